The van der Waals surface area contributed by atoms with Gasteiger partial charge in [-0.05, 0) is 19.8 Å². The summed E-state index contributed by atoms with van der Waals surface area (Å²) in [6.07, 6.45) is 5.90. The van der Waals surface area contributed by atoms with E-state index < -0.39 is 5.54 Å². The topological polar surface area (TPSA) is 88.1 Å². The summed E-state index contributed by atoms with van der Waals surface area (Å²) in [7, 11) is 1.57. The van der Waals surface area contributed by atoms with E-state index in [0.717, 1.165) is 6.42 Å². The van der Waals surface area contributed by atoms with Gasteiger partial charge in [0.15, 0.2) is 5.54 Å². The highest BCUT2D eigenvalue weighted by molar-refractivity contribution is 7.11. The molecule has 1 atom stereocenters. The van der Waals surface area contributed by atoms with E-state index >= 15 is 0 Å². The first-order valence-corrected chi connectivity index (χ1v) is 8.20. The predicted molar refractivity (Wildman–Crippen MR) is 84.9 cm³/mol. The van der Waals surface area contributed by atoms with E-state index in [2.05, 4.69) is 20.3 Å². The second kappa shape index (κ2) is 6.04. The van der Waals surface area contributed by atoms with Crippen LogP contribution in [0.1, 0.15) is 33.9 Å². The van der Waals surface area contributed by atoms with Crippen LogP contribution < -0.4 is 5.32 Å². The molecule has 1 aliphatic heterocycles. The number of amides is 2. The van der Waals surface area contributed by atoms with Gasteiger partial charge in [0.25, 0.3) is 11.8 Å². The smallest absolute Gasteiger partial charge is 0.267 e. The summed E-state index contributed by atoms with van der Waals surface area (Å²) in [5, 5.41) is 2.68. The van der Waals surface area contributed by atoms with Gasteiger partial charge in [-0.25, -0.2) is 4.98 Å². The third kappa shape index (κ3) is 2.39. The highest BCUT2D eigenvalue weighted by Crippen LogP contribution is 2.39. The number of likely N-dealkylation sites (N-methyl/N-ethyl adjacent to an activating group) is 1. The highest BCUT2D eigenvalue weighted by Gasteiger charge is 2.52. The number of thiazole rings is 1. The minimum atomic E-state index is -1.11. The van der Waals surface area contributed by atoms with Crippen LogP contribution in [-0.2, 0) is 10.3 Å². The summed E-state index contributed by atoms with van der Waals surface area (Å²) in [5.74, 6) is -0.428. The summed E-state index contributed by atoms with van der Waals surface area (Å²) in [5.41, 5.74) is 1.70. The van der Waals surface area contributed by atoms with Crippen LogP contribution in [0, 0.1) is 6.92 Å². The number of carbonyl (C=O) groups is 2. The molecule has 1 aliphatic rings. The van der Waals surface area contributed by atoms with Crippen molar-refractivity contribution in [1.82, 2.24) is 25.2 Å². The normalized spacial score (nSPS) is 20.5. The Kier molecular flexibility index (Phi) is 4.08. The van der Waals surface area contributed by atoms with E-state index in [1.807, 2.05) is 0 Å². The highest BCUT2D eigenvalue weighted by atomic mass is 32.1. The molecule has 0 bridgehead atoms. The van der Waals surface area contributed by atoms with Gasteiger partial charge in [-0.1, -0.05) is 0 Å². The molecular weight excluding hydrogens is 314 g/mol. The van der Waals surface area contributed by atoms with E-state index in [1.54, 1.807) is 43.0 Å². The van der Waals surface area contributed by atoms with E-state index in [-0.39, 0.29) is 11.8 Å². The number of aromatic nitrogens is 3. The van der Waals surface area contributed by atoms with Crippen LogP contribution in [0.25, 0.3) is 0 Å². The van der Waals surface area contributed by atoms with Crippen LogP contribution in [0.4, 0.5) is 0 Å². The molecule has 1 fully saturated rings. The Labute approximate surface area is 137 Å². The molecular formula is C15H17N5O2S. The maximum absolute atomic E-state index is 13.0. The van der Waals surface area contributed by atoms with E-state index in [4.69, 9.17) is 0 Å². The lowest BCUT2D eigenvalue weighted by Crippen LogP contribution is -2.54. The molecule has 8 heteroatoms. The quantitative estimate of drug-likeness (QED) is 0.910. The molecule has 0 radical (unpaired) electrons. The molecule has 7 nitrogen and oxygen atoms in total. The fourth-order valence-corrected chi connectivity index (χ4v) is 3.81. The zero-order valence-electron chi connectivity index (χ0n) is 12.9. The van der Waals surface area contributed by atoms with Gasteiger partial charge >= 0.3 is 0 Å². The maximum Gasteiger partial charge on any atom is 0.267 e. The second-order valence-corrected chi connectivity index (χ2v) is 6.21. The van der Waals surface area contributed by atoms with Crippen molar-refractivity contribution in [3.05, 3.63) is 40.4 Å². The molecule has 0 spiro atoms. The monoisotopic (exact) mass is 331 g/mol. The molecule has 0 saturated carbocycles. The van der Waals surface area contributed by atoms with Crippen molar-refractivity contribution in [2.24, 2.45) is 0 Å². The van der Waals surface area contributed by atoms with Gasteiger partial charge in [0.05, 0.1) is 23.1 Å². The van der Waals surface area contributed by atoms with Crippen LogP contribution in [0.3, 0.4) is 0 Å². The lowest BCUT2D eigenvalue weighted by Gasteiger charge is -2.35. The predicted octanol–water partition coefficient (Wildman–Crippen LogP) is 1.12. The molecule has 1 N–H and O–H groups in total. The number of aryl methyl sites for hydroxylation is 1. The van der Waals surface area contributed by atoms with Crippen molar-refractivity contribution in [3.63, 3.8) is 0 Å². The minimum Gasteiger partial charge on any atom is -0.357 e. The summed E-state index contributed by atoms with van der Waals surface area (Å²) >= 11 is 1.29. The van der Waals surface area contributed by atoms with Crippen molar-refractivity contribution in [1.29, 1.82) is 0 Å². The summed E-state index contributed by atoms with van der Waals surface area (Å²) < 4.78 is 0. The van der Waals surface area contributed by atoms with E-state index in [0.29, 0.717) is 29.2 Å². The van der Waals surface area contributed by atoms with Gasteiger partial charge in [-0.3, -0.25) is 19.6 Å². The van der Waals surface area contributed by atoms with Crippen LogP contribution in [0.2, 0.25) is 0 Å². The molecule has 0 aliphatic carbocycles. The zero-order chi connectivity index (χ0) is 16.4. The molecule has 3 rings (SSSR count). The van der Waals surface area contributed by atoms with Crippen molar-refractivity contribution >= 4 is 23.2 Å². The molecule has 23 heavy (non-hydrogen) atoms. The third-order valence-corrected chi connectivity index (χ3v) is 5.07. The number of rotatable bonds is 3. The average molecular weight is 331 g/mol. The number of hydrogen-bond acceptors (Lipinski definition) is 6. The Morgan fingerprint density at radius 3 is 2.78 bits per heavy atom. The summed E-state index contributed by atoms with van der Waals surface area (Å²) in [4.78, 5) is 40.4. The number of hydrogen-bond donors (Lipinski definition) is 1. The van der Waals surface area contributed by atoms with Gasteiger partial charge < -0.3 is 10.2 Å². The van der Waals surface area contributed by atoms with Gasteiger partial charge in [0, 0.05) is 26.0 Å². The van der Waals surface area contributed by atoms with Crippen LogP contribution in [0.5, 0.6) is 0 Å². The number of nitrogens with one attached hydrogen (secondary N) is 1. The lowest BCUT2D eigenvalue weighted by atomic mass is 9.90. The minimum absolute atomic E-state index is 0.184. The number of likely N-dealkylation sites (tertiary alicyclic amines) is 1. The Hall–Kier alpha value is -2.35. The van der Waals surface area contributed by atoms with Gasteiger partial charge in [0.2, 0.25) is 0 Å². The van der Waals surface area contributed by atoms with Gasteiger partial charge in [-0.15, -0.1) is 11.3 Å². The Balaban J connectivity index is 2.10. The first-order valence-electron chi connectivity index (χ1n) is 7.32. The number of nitrogens with zero attached hydrogens (tertiary/aromatic N) is 4. The van der Waals surface area contributed by atoms with Crippen molar-refractivity contribution in [2.45, 2.75) is 25.3 Å². The second-order valence-electron chi connectivity index (χ2n) is 5.36. The molecule has 0 aromatic carbocycles. The Bertz CT molecular complexity index is 732. The molecule has 1 unspecified atom stereocenters. The third-order valence-electron chi connectivity index (χ3n) is 4.16. The van der Waals surface area contributed by atoms with Crippen molar-refractivity contribution in [2.75, 3.05) is 13.6 Å². The summed E-state index contributed by atoms with van der Waals surface area (Å²) in [6.45, 7) is 2.30. The largest absolute Gasteiger partial charge is 0.357 e. The van der Waals surface area contributed by atoms with E-state index in [1.165, 1.54) is 11.3 Å². The molecule has 120 valence electrons. The molecule has 3 heterocycles. The van der Waals surface area contributed by atoms with Gasteiger partial charge in [0.1, 0.15) is 4.88 Å². The Morgan fingerprint density at radius 2 is 2.17 bits per heavy atom. The fraction of sp³-hybridized carbons (Fsp3) is 0.400. The molecule has 1 saturated heterocycles. The molecule has 2 aromatic heterocycles. The van der Waals surface area contributed by atoms with Crippen LogP contribution in [0.15, 0.2) is 24.1 Å². The van der Waals surface area contributed by atoms with Crippen LogP contribution in [-0.4, -0.2) is 45.3 Å². The number of carbonyl (C=O) groups excluding carboxylic acids is 2. The maximum atomic E-state index is 13.0. The zero-order valence-corrected chi connectivity index (χ0v) is 13.8. The standard InChI is InChI=1S/C15H17N5O2S/c1-10-12(23-9-19-10)13(21)20-7-3-4-15(20,14(22)16-2)11-8-17-5-6-18-11/h5-6,8-9H,3-4,7H2,1-2H3,(H,16,22). The Morgan fingerprint density at radius 1 is 1.35 bits per heavy atom. The van der Waals surface area contributed by atoms with E-state index in [9.17, 15) is 9.59 Å². The van der Waals surface area contributed by atoms with Gasteiger partial charge in [-0.2, -0.15) is 0 Å². The van der Waals surface area contributed by atoms with Crippen LogP contribution >= 0.6 is 11.3 Å². The lowest BCUT2D eigenvalue weighted by molar-refractivity contribution is -0.131. The molecule has 2 amide bonds. The van der Waals surface area contributed by atoms with Crippen molar-refractivity contribution in [3.8, 4) is 0 Å². The molecule has 2 aromatic rings. The van der Waals surface area contributed by atoms with Crippen molar-refractivity contribution < 1.29 is 9.59 Å². The first-order chi connectivity index (χ1) is 11.1. The fourth-order valence-electron chi connectivity index (χ4n) is 3.06. The summed E-state index contributed by atoms with van der Waals surface area (Å²) in [6, 6.07) is 0. The SMILES string of the molecule is CNC(=O)C1(c2cnccn2)CCCN1C(=O)c1scnc1C. The average Bonchev–Trinajstić information content (AvgIpc) is 3.21. The first kappa shape index (κ1) is 15.5.